The Morgan fingerprint density at radius 2 is 2.32 bits per heavy atom. The van der Waals surface area contributed by atoms with E-state index in [4.69, 9.17) is 27.9 Å². The van der Waals surface area contributed by atoms with Crippen LogP contribution in [0.1, 0.15) is 17.3 Å². The minimum absolute atomic E-state index is 0.136. The molecule has 0 saturated carbocycles. The summed E-state index contributed by atoms with van der Waals surface area (Å²) < 4.78 is 5.05. The van der Waals surface area contributed by atoms with E-state index >= 15 is 0 Å². The number of anilines is 1. The topological polar surface area (TPSA) is 92.8 Å². The zero-order valence-electron chi connectivity index (χ0n) is 9.78. The van der Waals surface area contributed by atoms with Crippen LogP contribution in [0.2, 0.25) is 10.2 Å². The highest BCUT2D eigenvalue weighted by molar-refractivity contribution is 6.41. The van der Waals surface area contributed by atoms with Crippen molar-refractivity contribution in [2.75, 3.05) is 11.9 Å². The van der Waals surface area contributed by atoms with E-state index in [1.165, 1.54) is 12.3 Å². The number of aromatic amines is 1. The number of pyridine rings is 1. The van der Waals surface area contributed by atoms with Crippen LogP contribution in [-0.2, 0) is 0 Å². The van der Waals surface area contributed by atoms with Gasteiger partial charge in [0.05, 0.1) is 17.2 Å². The van der Waals surface area contributed by atoms with Crippen LogP contribution in [0.25, 0.3) is 0 Å². The zero-order valence-corrected chi connectivity index (χ0v) is 11.3. The third-order valence-electron chi connectivity index (χ3n) is 2.03. The van der Waals surface area contributed by atoms with Crippen LogP contribution in [0, 0.1) is 0 Å². The molecule has 19 heavy (non-hydrogen) atoms. The molecule has 2 aromatic rings. The minimum atomic E-state index is -0.440. The molecular formula is C10H9Cl2N5O2. The number of amides is 1. The van der Waals surface area contributed by atoms with Gasteiger partial charge in [0, 0.05) is 6.20 Å². The van der Waals surface area contributed by atoms with Crippen LogP contribution >= 0.6 is 23.2 Å². The number of carbonyl (C=O) groups is 1. The maximum absolute atomic E-state index is 11.9. The Kier molecular flexibility index (Phi) is 4.18. The molecule has 2 heterocycles. The largest absolute Gasteiger partial charge is 0.463 e. The van der Waals surface area contributed by atoms with Crippen LogP contribution in [0.4, 0.5) is 5.95 Å². The molecule has 0 aliphatic carbocycles. The van der Waals surface area contributed by atoms with Gasteiger partial charge < -0.3 is 4.74 Å². The standard InChI is InChI=1S/C10H9Cl2N5O2/c1-2-19-10-15-9(16-17-10)14-8(18)5-3-6(11)7(12)13-4-5/h3-4H,2H2,1H3,(H2,14,15,16,17,18). The normalized spacial score (nSPS) is 10.3. The van der Waals surface area contributed by atoms with Gasteiger partial charge in [0.2, 0.25) is 5.95 Å². The van der Waals surface area contributed by atoms with Crippen LogP contribution in [0.5, 0.6) is 6.01 Å². The molecule has 7 nitrogen and oxygen atoms in total. The first-order chi connectivity index (χ1) is 9.10. The molecule has 0 aliphatic rings. The number of H-pyrrole nitrogens is 1. The lowest BCUT2D eigenvalue weighted by atomic mass is 10.3. The van der Waals surface area contributed by atoms with E-state index < -0.39 is 5.91 Å². The van der Waals surface area contributed by atoms with Gasteiger partial charge in [-0.2, -0.15) is 4.98 Å². The van der Waals surface area contributed by atoms with Gasteiger partial charge >= 0.3 is 6.01 Å². The summed E-state index contributed by atoms with van der Waals surface area (Å²) in [5, 5.41) is 9.09. The molecule has 0 radical (unpaired) electrons. The zero-order chi connectivity index (χ0) is 13.8. The van der Waals surface area contributed by atoms with Gasteiger partial charge in [-0.3, -0.25) is 10.1 Å². The number of ether oxygens (including phenoxy) is 1. The fraction of sp³-hybridized carbons (Fsp3) is 0.200. The van der Waals surface area contributed by atoms with E-state index in [-0.39, 0.29) is 27.7 Å². The third-order valence-corrected chi connectivity index (χ3v) is 2.71. The average molecular weight is 302 g/mol. The maximum atomic E-state index is 11.9. The Morgan fingerprint density at radius 3 is 3.00 bits per heavy atom. The number of aromatic nitrogens is 4. The average Bonchev–Trinajstić information content (AvgIpc) is 2.80. The number of nitrogens with one attached hydrogen (secondary N) is 2. The Bertz CT molecular complexity index is 601. The molecule has 0 spiro atoms. The summed E-state index contributed by atoms with van der Waals surface area (Å²) in [6.45, 7) is 2.23. The van der Waals surface area contributed by atoms with Crippen LogP contribution in [-0.4, -0.2) is 32.7 Å². The van der Waals surface area contributed by atoms with Crippen LogP contribution < -0.4 is 10.1 Å². The van der Waals surface area contributed by atoms with Crippen molar-refractivity contribution in [1.82, 2.24) is 20.2 Å². The molecule has 9 heteroatoms. The summed E-state index contributed by atoms with van der Waals surface area (Å²) in [6.07, 6.45) is 1.31. The number of halogens is 2. The summed E-state index contributed by atoms with van der Waals surface area (Å²) in [6, 6.07) is 1.57. The Balaban J connectivity index is 2.09. The molecule has 0 aromatic carbocycles. The molecule has 2 rings (SSSR count). The van der Waals surface area contributed by atoms with Gasteiger partial charge in [-0.05, 0) is 13.0 Å². The maximum Gasteiger partial charge on any atom is 0.337 e. The van der Waals surface area contributed by atoms with E-state index in [0.29, 0.717) is 6.61 Å². The Labute approximate surface area is 118 Å². The smallest absolute Gasteiger partial charge is 0.337 e. The van der Waals surface area contributed by atoms with Crippen LogP contribution in [0.15, 0.2) is 12.3 Å². The van der Waals surface area contributed by atoms with E-state index in [2.05, 4.69) is 25.5 Å². The fourth-order valence-electron chi connectivity index (χ4n) is 1.22. The van der Waals surface area contributed by atoms with E-state index in [1.54, 1.807) is 6.92 Å². The number of rotatable bonds is 4. The first-order valence-electron chi connectivity index (χ1n) is 5.27. The van der Waals surface area contributed by atoms with Crippen LogP contribution in [0.3, 0.4) is 0 Å². The van der Waals surface area contributed by atoms with Gasteiger partial charge in [0.1, 0.15) is 5.15 Å². The van der Waals surface area contributed by atoms with Crippen molar-refractivity contribution in [3.05, 3.63) is 28.0 Å². The van der Waals surface area contributed by atoms with E-state index in [0.717, 1.165) is 0 Å². The second kappa shape index (κ2) is 5.85. The summed E-state index contributed by atoms with van der Waals surface area (Å²) in [5.74, 6) is -0.273. The molecule has 0 atom stereocenters. The van der Waals surface area contributed by atoms with Gasteiger partial charge in [0.25, 0.3) is 5.91 Å². The molecular weight excluding hydrogens is 293 g/mol. The molecule has 0 aliphatic heterocycles. The summed E-state index contributed by atoms with van der Waals surface area (Å²) in [4.78, 5) is 19.5. The lowest BCUT2D eigenvalue weighted by Crippen LogP contribution is -2.13. The lowest BCUT2D eigenvalue weighted by Gasteiger charge is -2.02. The molecule has 100 valence electrons. The SMILES string of the molecule is CCOc1n[nH]c(NC(=O)c2cnc(Cl)c(Cl)c2)n1. The third kappa shape index (κ3) is 3.33. The predicted octanol–water partition coefficient (Wildman–Crippen LogP) is 2.16. The second-order valence-corrected chi connectivity index (χ2v) is 4.12. The summed E-state index contributed by atoms with van der Waals surface area (Å²) in [5.41, 5.74) is 0.253. The molecule has 2 N–H and O–H groups in total. The van der Waals surface area contributed by atoms with Gasteiger partial charge in [-0.1, -0.05) is 23.2 Å². The van der Waals surface area contributed by atoms with Gasteiger partial charge in [0.15, 0.2) is 0 Å². The first-order valence-corrected chi connectivity index (χ1v) is 6.03. The van der Waals surface area contributed by atoms with Crippen molar-refractivity contribution >= 4 is 35.1 Å². The molecule has 0 saturated heterocycles. The lowest BCUT2D eigenvalue weighted by molar-refractivity contribution is 0.102. The molecule has 1 amide bonds. The highest BCUT2D eigenvalue weighted by Crippen LogP contribution is 2.20. The molecule has 0 unspecified atom stereocenters. The van der Waals surface area contributed by atoms with Gasteiger partial charge in [-0.25, -0.2) is 10.1 Å². The van der Waals surface area contributed by atoms with E-state index in [9.17, 15) is 4.79 Å². The van der Waals surface area contributed by atoms with Crippen molar-refractivity contribution in [2.24, 2.45) is 0 Å². The monoisotopic (exact) mass is 301 g/mol. The fourth-order valence-corrected chi connectivity index (χ4v) is 1.49. The second-order valence-electron chi connectivity index (χ2n) is 3.35. The summed E-state index contributed by atoms with van der Waals surface area (Å²) >= 11 is 11.4. The Morgan fingerprint density at radius 1 is 1.53 bits per heavy atom. The predicted molar refractivity (Wildman–Crippen MR) is 69.8 cm³/mol. The number of nitrogens with zero attached hydrogens (tertiary/aromatic N) is 3. The molecule has 0 bridgehead atoms. The molecule has 2 aromatic heterocycles. The minimum Gasteiger partial charge on any atom is -0.463 e. The highest BCUT2D eigenvalue weighted by Gasteiger charge is 2.12. The van der Waals surface area contributed by atoms with Gasteiger partial charge in [-0.15, -0.1) is 5.10 Å². The van der Waals surface area contributed by atoms with Crippen molar-refractivity contribution in [2.45, 2.75) is 6.92 Å². The Hall–Kier alpha value is -1.86. The highest BCUT2D eigenvalue weighted by atomic mass is 35.5. The number of carbonyl (C=O) groups excluding carboxylic acids is 1. The molecule has 0 fully saturated rings. The summed E-state index contributed by atoms with van der Waals surface area (Å²) in [7, 11) is 0. The quantitative estimate of drug-likeness (QED) is 0.844. The van der Waals surface area contributed by atoms with Crippen molar-refractivity contribution in [1.29, 1.82) is 0 Å². The van der Waals surface area contributed by atoms with Crippen molar-refractivity contribution in [3.63, 3.8) is 0 Å². The van der Waals surface area contributed by atoms with E-state index in [1.807, 2.05) is 0 Å². The number of hydrogen-bond acceptors (Lipinski definition) is 5. The van der Waals surface area contributed by atoms with Crippen molar-refractivity contribution < 1.29 is 9.53 Å². The first kappa shape index (κ1) is 13.6. The number of hydrogen-bond donors (Lipinski definition) is 2. The van der Waals surface area contributed by atoms with Crippen molar-refractivity contribution in [3.8, 4) is 6.01 Å².